The molecule has 3 nitrogen and oxygen atoms in total. The summed E-state index contributed by atoms with van der Waals surface area (Å²) < 4.78 is 0. The summed E-state index contributed by atoms with van der Waals surface area (Å²) in [7, 11) is 0. The average Bonchev–Trinajstić information content (AvgIpc) is 2.11. The third-order valence-electron chi connectivity index (χ3n) is 1.98. The van der Waals surface area contributed by atoms with E-state index in [0.717, 1.165) is 6.42 Å². The predicted octanol–water partition coefficient (Wildman–Crippen LogP) is 1.13. The van der Waals surface area contributed by atoms with Crippen molar-refractivity contribution in [3.8, 4) is 0 Å². The normalized spacial score (nSPS) is 12.2. The number of carbonyl (C=O) groups is 2. The predicted molar refractivity (Wildman–Crippen MR) is 47.8 cm³/mol. The summed E-state index contributed by atoms with van der Waals surface area (Å²) in [6, 6.07) is 0. The Morgan fingerprint density at radius 3 is 2.58 bits per heavy atom. The molecule has 1 atom stereocenters. The molecule has 0 aromatic carbocycles. The van der Waals surface area contributed by atoms with E-state index in [-0.39, 0.29) is 5.78 Å². The van der Waals surface area contributed by atoms with Crippen molar-refractivity contribution in [1.82, 2.24) is 5.32 Å². The van der Waals surface area contributed by atoms with Gasteiger partial charge in [-0.2, -0.15) is 0 Å². The van der Waals surface area contributed by atoms with Crippen LogP contribution in [-0.2, 0) is 9.59 Å². The van der Waals surface area contributed by atoms with Crippen molar-refractivity contribution < 1.29 is 9.59 Å². The Morgan fingerprint density at radius 2 is 2.17 bits per heavy atom. The van der Waals surface area contributed by atoms with Crippen LogP contribution in [-0.4, -0.2) is 18.7 Å². The second-order valence-electron chi connectivity index (χ2n) is 2.90. The molecular weight excluding hydrogens is 154 g/mol. The highest BCUT2D eigenvalue weighted by Crippen LogP contribution is 2.08. The van der Waals surface area contributed by atoms with Gasteiger partial charge in [-0.3, -0.25) is 9.59 Å². The molecule has 0 aliphatic carbocycles. The summed E-state index contributed by atoms with van der Waals surface area (Å²) in [5, 5.41) is 2.60. The number of ketones is 1. The highest BCUT2D eigenvalue weighted by molar-refractivity contribution is 5.78. The minimum Gasteiger partial charge on any atom is -0.358 e. The molecule has 0 saturated heterocycles. The summed E-state index contributed by atoms with van der Waals surface area (Å²) in [6.45, 7) is 4.51. The maximum absolute atomic E-state index is 11.0. The van der Waals surface area contributed by atoms with Gasteiger partial charge in [0.1, 0.15) is 5.78 Å². The van der Waals surface area contributed by atoms with Gasteiger partial charge in [0.15, 0.2) is 0 Å². The fraction of sp³-hybridized carbons (Fsp3) is 0.778. The van der Waals surface area contributed by atoms with Crippen molar-refractivity contribution in [2.45, 2.75) is 33.1 Å². The molecule has 0 rings (SSSR count). The number of amides is 1. The van der Waals surface area contributed by atoms with Crippen molar-refractivity contribution in [1.29, 1.82) is 0 Å². The van der Waals surface area contributed by atoms with Crippen LogP contribution in [0, 0.1) is 5.92 Å². The molecule has 1 unspecified atom stereocenters. The van der Waals surface area contributed by atoms with Gasteiger partial charge < -0.3 is 5.32 Å². The number of nitrogens with one attached hydrogen (secondary N) is 1. The van der Waals surface area contributed by atoms with Crippen LogP contribution in [0.4, 0.5) is 0 Å². The first kappa shape index (κ1) is 11.1. The topological polar surface area (TPSA) is 46.2 Å². The van der Waals surface area contributed by atoms with E-state index >= 15 is 0 Å². The third-order valence-corrected chi connectivity index (χ3v) is 1.98. The van der Waals surface area contributed by atoms with Crippen molar-refractivity contribution in [2.75, 3.05) is 6.54 Å². The first-order valence-corrected chi connectivity index (χ1v) is 4.43. The van der Waals surface area contributed by atoms with Crippen LogP contribution >= 0.6 is 0 Å². The molecule has 0 fully saturated rings. The smallest absolute Gasteiger partial charge is 0.207 e. The standard InChI is InChI=1S/C9H17NO2/c1-3-8(6-10-7-11)5-9(12)4-2/h7-8H,3-6H2,1-2H3,(H,10,11). The first-order valence-electron chi connectivity index (χ1n) is 4.43. The van der Waals surface area contributed by atoms with Crippen molar-refractivity contribution in [3.63, 3.8) is 0 Å². The molecule has 0 heterocycles. The van der Waals surface area contributed by atoms with Gasteiger partial charge in [-0.15, -0.1) is 0 Å². The zero-order chi connectivity index (χ0) is 9.40. The lowest BCUT2D eigenvalue weighted by Gasteiger charge is -2.11. The molecule has 0 aromatic heterocycles. The molecule has 0 radical (unpaired) electrons. The van der Waals surface area contributed by atoms with Gasteiger partial charge in [0.25, 0.3) is 0 Å². The highest BCUT2D eigenvalue weighted by Gasteiger charge is 2.09. The van der Waals surface area contributed by atoms with Crippen LogP contribution in [0.25, 0.3) is 0 Å². The summed E-state index contributed by atoms with van der Waals surface area (Å²) in [6.07, 6.45) is 2.80. The molecule has 0 aromatic rings. The fourth-order valence-corrected chi connectivity index (χ4v) is 1.04. The lowest BCUT2D eigenvalue weighted by Crippen LogP contribution is -2.22. The Kier molecular flexibility index (Phi) is 6.34. The molecule has 3 heteroatoms. The number of hydrogen-bond acceptors (Lipinski definition) is 2. The lowest BCUT2D eigenvalue weighted by atomic mass is 9.99. The SMILES string of the molecule is CCC(=O)CC(CC)CNC=O. The van der Waals surface area contributed by atoms with Crippen molar-refractivity contribution in [2.24, 2.45) is 5.92 Å². The van der Waals surface area contributed by atoms with Gasteiger partial charge in [0.05, 0.1) is 0 Å². The summed E-state index contributed by atoms with van der Waals surface area (Å²) in [5.74, 6) is 0.581. The van der Waals surface area contributed by atoms with Gasteiger partial charge in [-0.05, 0) is 5.92 Å². The molecule has 0 aliphatic rings. The highest BCUT2D eigenvalue weighted by atomic mass is 16.1. The number of hydrogen-bond donors (Lipinski definition) is 1. The Labute approximate surface area is 73.5 Å². The monoisotopic (exact) mass is 171 g/mol. The van der Waals surface area contributed by atoms with E-state index in [4.69, 9.17) is 0 Å². The largest absolute Gasteiger partial charge is 0.358 e. The minimum absolute atomic E-state index is 0.273. The van der Waals surface area contributed by atoms with E-state index in [1.807, 2.05) is 13.8 Å². The minimum atomic E-state index is 0.273. The van der Waals surface area contributed by atoms with E-state index in [2.05, 4.69) is 5.32 Å². The van der Waals surface area contributed by atoms with Crippen molar-refractivity contribution >= 4 is 12.2 Å². The maximum Gasteiger partial charge on any atom is 0.207 e. The molecule has 0 spiro atoms. The lowest BCUT2D eigenvalue weighted by molar-refractivity contribution is -0.120. The van der Waals surface area contributed by atoms with E-state index in [1.54, 1.807) is 0 Å². The van der Waals surface area contributed by atoms with Crippen LogP contribution in [0.2, 0.25) is 0 Å². The van der Waals surface area contributed by atoms with Crippen molar-refractivity contribution in [3.05, 3.63) is 0 Å². The average molecular weight is 171 g/mol. The summed E-state index contributed by atoms with van der Waals surface area (Å²) >= 11 is 0. The van der Waals surface area contributed by atoms with E-state index in [9.17, 15) is 9.59 Å². The van der Waals surface area contributed by atoms with E-state index in [0.29, 0.717) is 31.7 Å². The molecule has 12 heavy (non-hydrogen) atoms. The number of carbonyl (C=O) groups excluding carboxylic acids is 2. The molecule has 0 saturated carbocycles. The first-order chi connectivity index (χ1) is 5.74. The molecule has 0 aliphatic heterocycles. The van der Waals surface area contributed by atoms with Crippen LogP contribution in [0.15, 0.2) is 0 Å². The van der Waals surface area contributed by atoms with Gasteiger partial charge in [0, 0.05) is 19.4 Å². The Hall–Kier alpha value is -0.860. The number of rotatable bonds is 7. The van der Waals surface area contributed by atoms with Crippen LogP contribution in [0.3, 0.4) is 0 Å². The van der Waals surface area contributed by atoms with E-state index in [1.165, 1.54) is 0 Å². The Morgan fingerprint density at radius 1 is 1.50 bits per heavy atom. The second kappa shape index (κ2) is 6.83. The van der Waals surface area contributed by atoms with Crippen LogP contribution in [0.1, 0.15) is 33.1 Å². The Bertz CT molecular complexity index is 145. The summed E-state index contributed by atoms with van der Waals surface area (Å²) in [4.78, 5) is 21.0. The summed E-state index contributed by atoms with van der Waals surface area (Å²) in [5.41, 5.74) is 0. The quantitative estimate of drug-likeness (QED) is 0.583. The fourth-order valence-electron chi connectivity index (χ4n) is 1.04. The second-order valence-corrected chi connectivity index (χ2v) is 2.90. The molecule has 1 N–H and O–H groups in total. The van der Waals surface area contributed by atoms with Gasteiger partial charge in [-0.25, -0.2) is 0 Å². The van der Waals surface area contributed by atoms with Gasteiger partial charge in [-0.1, -0.05) is 20.3 Å². The maximum atomic E-state index is 11.0. The van der Waals surface area contributed by atoms with Gasteiger partial charge >= 0.3 is 0 Å². The zero-order valence-corrected chi connectivity index (χ0v) is 7.80. The molecular formula is C9H17NO2. The molecule has 1 amide bonds. The number of Topliss-reactive ketones (excluding diaryl/α,β-unsaturated/α-hetero) is 1. The van der Waals surface area contributed by atoms with E-state index < -0.39 is 0 Å². The molecule has 0 bridgehead atoms. The van der Waals surface area contributed by atoms with Crippen LogP contribution < -0.4 is 5.32 Å². The van der Waals surface area contributed by atoms with Gasteiger partial charge in [0.2, 0.25) is 6.41 Å². The third kappa shape index (κ3) is 4.88. The zero-order valence-electron chi connectivity index (χ0n) is 7.80. The van der Waals surface area contributed by atoms with Crippen LogP contribution in [0.5, 0.6) is 0 Å². The molecule has 70 valence electrons. The Balaban J connectivity index is 3.66.